The summed E-state index contributed by atoms with van der Waals surface area (Å²) in [6.45, 7) is 4.19. The van der Waals surface area contributed by atoms with Crippen LogP contribution in [0.15, 0.2) is 66.7 Å². The monoisotopic (exact) mass is 348 g/mol. The fourth-order valence-corrected chi connectivity index (χ4v) is 2.73. The first kappa shape index (κ1) is 17.9. The van der Waals surface area contributed by atoms with Crippen LogP contribution in [0.5, 0.6) is 0 Å². The average Bonchev–Trinajstić information content (AvgIpc) is 2.70. The normalized spacial score (nSPS) is 10.5. The fourth-order valence-electron chi connectivity index (χ4n) is 2.73. The quantitative estimate of drug-likeness (QED) is 0.613. The maximum absolute atomic E-state index is 5.13. The average molecular weight is 348 g/mol. The van der Waals surface area contributed by atoms with Crippen molar-refractivity contribution in [2.75, 3.05) is 37.0 Å². The molecule has 3 aromatic rings. The Morgan fingerprint density at radius 1 is 0.962 bits per heavy atom. The number of para-hydroxylation sites is 1. The number of anilines is 3. The first-order chi connectivity index (χ1) is 12.8. The molecule has 0 spiro atoms. The second-order valence-corrected chi connectivity index (χ2v) is 5.80. The molecule has 3 rings (SSSR count). The molecule has 0 radical (unpaired) electrons. The molecule has 0 saturated heterocycles. The predicted octanol–water partition coefficient (Wildman–Crippen LogP) is 4.36. The molecule has 5 heteroatoms. The van der Waals surface area contributed by atoms with Crippen LogP contribution in [-0.2, 0) is 4.74 Å². The Labute approximate surface area is 154 Å². The first-order valence-electron chi connectivity index (χ1n) is 8.81. The van der Waals surface area contributed by atoms with Crippen molar-refractivity contribution in [3.05, 3.63) is 66.7 Å². The summed E-state index contributed by atoms with van der Waals surface area (Å²) in [4.78, 5) is 11.7. The molecule has 0 aliphatic rings. The van der Waals surface area contributed by atoms with Crippen molar-refractivity contribution in [1.82, 2.24) is 9.97 Å². The van der Waals surface area contributed by atoms with Gasteiger partial charge in [-0.2, -0.15) is 4.98 Å². The highest BCUT2D eigenvalue weighted by molar-refractivity contribution is 5.67. The van der Waals surface area contributed by atoms with E-state index in [2.05, 4.69) is 41.4 Å². The van der Waals surface area contributed by atoms with E-state index in [0.29, 0.717) is 19.1 Å². The van der Waals surface area contributed by atoms with Gasteiger partial charge in [-0.3, -0.25) is 0 Å². The van der Waals surface area contributed by atoms with Crippen LogP contribution in [0.1, 0.15) is 6.92 Å². The van der Waals surface area contributed by atoms with E-state index in [1.807, 2.05) is 42.5 Å². The standard InChI is InChI=1S/C21H24N4O/c1-3-25(18-12-8-5-9-13-18)21-23-19(17-10-6-4-7-11-17)16-20(24-21)22-14-15-26-2/h4-13,16H,3,14-15H2,1-2H3,(H,22,23,24). The van der Waals surface area contributed by atoms with Gasteiger partial charge in [-0.05, 0) is 19.1 Å². The van der Waals surface area contributed by atoms with Crippen LogP contribution in [0.4, 0.5) is 17.5 Å². The molecule has 26 heavy (non-hydrogen) atoms. The van der Waals surface area contributed by atoms with Crippen LogP contribution in [0.2, 0.25) is 0 Å². The Kier molecular flexibility index (Phi) is 6.17. The van der Waals surface area contributed by atoms with E-state index in [9.17, 15) is 0 Å². The predicted molar refractivity (Wildman–Crippen MR) is 107 cm³/mol. The van der Waals surface area contributed by atoms with Gasteiger partial charge >= 0.3 is 0 Å². The van der Waals surface area contributed by atoms with Gasteiger partial charge < -0.3 is 15.0 Å². The number of methoxy groups -OCH3 is 1. The molecule has 5 nitrogen and oxygen atoms in total. The van der Waals surface area contributed by atoms with Gasteiger partial charge in [0.1, 0.15) is 5.82 Å². The largest absolute Gasteiger partial charge is 0.383 e. The highest BCUT2D eigenvalue weighted by Crippen LogP contribution is 2.27. The minimum Gasteiger partial charge on any atom is -0.383 e. The van der Waals surface area contributed by atoms with Gasteiger partial charge in [0.25, 0.3) is 0 Å². The van der Waals surface area contributed by atoms with Gasteiger partial charge in [0.2, 0.25) is 5.95 Å². The molecule has 0 aliphatic carbocycles. The lowest BCUT2D eigenvalue weighted by atomic mass is 10.1. The molecule has 0 aliphatic heterocycles. The summed E-state index contributed by atoms with van der Waals surface area (Å²) in [5.74, 6) is 1.47. The van der Waals surface area contributed by atoms with E-state index in [1.165, 1.54) is 0 Å². The molecular weight excluding hydrogens is 324 g/mol. The molecule has 0 fully saturated rings. The Hall–Kier alpha value is -2.92. The van der Waals surface area contributed by atoms with E-state index in [0.717, 1.165) is 29.3 Å². The van der Waals surface area contributed by atoms with Crippen molar-refractivity contribution in [1.29, 1.82) is 0 Å². The number of nitrogens with zero attached hydrogens (tertiary/aromatic N) is 3. The lowest BCUT2D eigenvalue weighted by Crippen LogP contribution is -2.20. The van der Waals surface area contributed by atoms with Crippen LogP contribution in [0.3, 0.4) is 0 Å². The number of aromatic nitrogens is 2. The topological polar surface area (TPSA) is 50.3 Å². The number of benzene rings is 2. The Morgan fingerprint density at radius 3 is 2.31 bits per heavy atom. The number of hydrogen-bond donors (Lipinski definition) is 1. The minimum atomic E-state index is 0.621. The van der Waals surface area contributed by atoms with E-state index in [-0.39, 0.29) is 0 Å². The summed E-state index contributed by atoms with van der Waals surface area (Å²) in [5, 5.41) is 3.32. The molecule has 2 aromatic carbocycles. The maximum Gasteiger partial charge on any atom is 0.232 e. The second-order valence-electron chi connectivity index (χ2n) is 5.80. The summed E-state index contributed by atoms with van der Waals surface area (Å²) in [7, 11) is 1.69. The highest BCUT2D eigenvalue weighted by atomic mass is 16.5. The Morgan fingerprint density at radius 2 is 1.65 bits per heavy atom. The number of ether oxygens (including phenoxy) is 1. The lowest BCUT2D eigenvalue weighted by Gasteiger charge is -2.22. The smallest absolute Gasteiger partial charge is 0.232 e. The summed E-state index contributed by atoms with van der Waals surface area (Å²) in [6, 6.07) is 22.3. The van der Waals surface area contributed by atoms with Gasteiger partial charge in [0, 0.05) is 37.5 Å². The second kappa shape index (κ2) is 8.97. The number of nitrogens with one attached hydrogen (secondary N) is 1. The first-order valence-corrected chi connectivity index (χ1v) is 8.81. The van der Waals surface area contributed by atoms with Crippen LogP contribution >= 0.6 is 0 Å². The van der Waals surface area contributed by atoms with Crippen molar-refractivity contribution in [2.45, 2.75) is 6.92 Å². The number of hydrogen-bond acceptors (Lipinski definition) is 5. The highest BCUT2D eigenvalue weighted by Gasteiger charge is 2.13. The van der Waals surface area contributed by atoms with Crippen LogP contribution < -0.4 is 10.2 Å². The molecule has 1 heterocycles. The maximum atomic E-state index is 5.13. The van der Waals surface area contributed by atoms with Gasteiger partial charge in [0.05, 0.1) is 12.3 Å². The summed E-state index contributed by atoms with van der Waals surface area (Å²) in [5.41, 5.74) is 3.03. The van der Waals surface area contributed by atoms with Crippen molar-refractivity contribution >= 4 is 17.5 Å². The summed E-state index contributed by atoms with van der Waals surface area (Å²) in [6.07, 6.45) is 0. The fraction of sp³-hybridized carbons (Fsp3) is 0.238. The molecule has 0 unspecified atom stereocenters. The molecule has 0 bridgehead atoms. The Balaban J connectivity index is 2.01. The number of rotatable bonds is 8. The molecule has 1 N–H and O–H groups in total. The van der Waals surface area contributed by atoms with Crippen LogP contribution in [-0.4, -0.2) is 36.8 Å². The zero-order valence-corrected chi connectivity index (χ0v) is 15.2. The van der Waals surface area contributed by atoms with Crippen LogP contribution in [0.25, 0.3) is 11.3 Å². The van der Waals surface area contributed by atoms with Crippen LogP contribution in [0, 0.1) is 0 Å². The zero-order valence-electron chi connectivity index (χ0n) is 15.2. The molecule has 134 valence electrons. The van der Waals surface area contributed by atoms with E-state index < -0.39 is 0 Å². The molecule has 0 saturated carbocycles. The summed E-state index contributed by atoms with van der Waals surface area (Å²) < 4.78 is 5.13. The van der Waals surface area contributed by atoms with E-state index >= 15 is 0 Å². The van der Waals surface area contributed by atoms with Gasteiger partial charge in [-0.15, -0.1) is 0 Å². The third kappa shape index (κ3) is 4.37. The molecule has 0 amide bonds. The van der Waals surface area contributed by atoms with E-state index in [1.54, 1.807) is 7.11 Å². The summed E-state index contributed by atoms with van der Waals surface area (Å²) >= 11 is 0. The minimum absolute atomic E-state index is 0.621. The van der Waals surface area contributed by atoms with Gasteiger partial charge in [-0.1, -0.05) is 48.5 Å². The van der Waals surface area contributed by atoms with Crippen molar-refractivity contribution < 1.29 is 4.74 Å². The van der Waals surface area contributed by atoms with Gasteiger partial charge in [0.15, 0.2) is 0 Å². The van der Waals surface area contributed by atoms with Crippen molar-refractivity contribution in [3.8, 4) is 11.3 Å². The van der Waals surface area contributed by atoms with Crippen molar-refractivity contribution in [2.24, 2.45) is 0 Å². The molecule has 0 atom stereocenters. The third-order valence-electron chi connectivity index (χ3n) is 4.02. The van der Waals surface area contributed by atoms with Gasteiger partial charge in [-0.25, -0.2) is 4.98 Å². The Bertz CT molecular complexity index is 809. The SMILES string of the molecule is CCN(c1ccccc1)c1nc(NCCOC)cc(-c2ccccc2)n1. The zero-order chi connectivity index (χ0) is 18.2. The molecule has 1 aromatic heterocycles. The third-order valence-corrected chi connectivity index (χ3v) is 4.02. The molecular formula is C21H24N4O. The lowest BCUT2D eigenvalue weighted by molar-refractivity contribution is 0.210. The van der Waals surface area contributed by atoms with Crippen molar-refractivity contribution in [3.63, 3.8) is 0 Å². The van der Waals surface area contributed by atoms with E-state index in [4.69, 9.17) is 14.7 Å².